The van der Waals surface area contributed by atoms with Gasteiger partial charge < -0.3 is 4.42 Å². The van der Waals surface area contributed by atoms with E-state index in [2.05, 4.69) is 15.9 Å². The lowest BCUT2D eigenvalue weighted by Crippen LogP contribution is -1.99. The topological polar surface area (TPSA) is 30.2 Å². The van der Waals surface area contributed by atoms with Gasteiger partial charge in [0.2, 0.25) is 5.78 Å². The minimum absolute atomic E-state index is 0.0853. The summed E-state index contributed by atoms with van der Waals surface area (Å²) >= 11 is 3.44. The molecule has 0 atom stereocenters. The number of rotatable bonds is 2. The molecule has 1 aromatic heterocycles. The van der Waals surface area contributed by atoms with E-state index in [1.54, 1.807) is 12.1 Å². The average molecular weight is 315 g/mol. The lowest BCUT2D eigenvalue weighted by molar-refractivity contribution is 0.101. The molecule has 0 fully saturated rings. The molecule has 1 heterocycles. The number of halogens is 1. The molecule has 0 N–H and O–H groups in total. The van der Waals surface area contributed by atoms with Crippen molar-refractivity contribution in [1.82, 2.24) is 0 Å². The highest BCUT2D eigenvalue weighted by molar-refractivity contribution is 9.10. The van der Waals surface area contributed by atoms with Crippen LogP contribution in [0.5, 0.6) is 0 Å². The van der Waals surface area contributed by atoms with Crippen LogP contribution in [0, 0.1) is 6.92 Å². The fraction of sp³-hybridized carbons (Fsp3) is 0.0625. The Labute approximate surface area is 119 Å². The van der Waals surface area contributed by atoms with Gasteiger partial charge in [-0.05, 0) is 48.0 Å². The molecule has 0 spiro atoms. The molecule has 0 radical (unpaired) electrons. The van der Waals surface area contributed by atoms with Crippen LogP contribution in [0.3, 0.4) is 0 Å². The van der Waals surface area contributed by atoms with E-state index >= 15 is 0 Å². The van der Waals surface area contributed by atoms with E-state index in [4.69, 9.17) is 4.42 Å². The van der Waals surface area contributed by atoms with Crippen LogP contribution in [0.1, 0.15) is 21.9 Å². The number of aryl methyl sites for hydroxylation is 1. The maximum Gasteiger partial charge on any atom is 0.228 e. The Hall–Kier alpha value is -1.87. The van der Waals surface area contributed by atoms with Crippen LogP contribution in [-0.2, 0) is 0 Å². The summed E-state index contributed by atoms with van der Waals surface area (Å²) in [6.07, 6.45) is 0. The first-order valence-electron chi connectivity index (χ1n) is 5.94. The molecule has 19 heavy (non-hydrogen) atoms. The van der Waals surface area contributed by atoms with Gasteiger partial charge in [0, 0.05) is 10.0 Å². The molecule has 3 aromatic rings. The Balaban J connectivity index is 2.06. The molecule has 3 heteroatoms. The largest absolute Gasteiger partial charge is 0.458 e. The van der Waals surface area contributed by atoms with Crippen LogP contribution >= 0.6 is 15.9 Å². The lowest BCUT2D eigenvalue weighted by atomic mass is 10.0. The third-order valence-electron chi connectivity index (χ3n) is 3.03. The average Bonchev–Trinajstić information content (AvgIpc) is 2.84. The van der Waals surface area contributed by atoms with Crippen molar-refractivity contribution in [2.24, 2.45) is 0 Å². The van der Waals surface area contributed by atoms with Gasteiger partial charge in [0.05, 0.1) is 0 Å². The van der Waals surface area contributed by atoms with Gasteiger partial charge in [-0.1, -0.05) is 34.1 Å². The molecule has 0 amide bonds. The van der Waals surface area contributed by atoms with Crippen LogP contribution in [0.4, 0.5) is 0 Å². The number of carbonyl (C=O) groups is 1. The summed E-state index contributed by atoms with van der Waals surface area (Å²) in [5, 5.41) is 2.14. The molecule has 0 aliphatic heterocycles. The molecule has 0 saturated heterocycles. The molecule has 0 unspecified atom stereocenters. The highest BCUT2D eigenvalue weighted by atomic mass is 79.9. The molecule has 2 aromatic carbocycles. The van der Waals surface area contributed by atoms with Gasteiger partial charge in [-0.2, -0.15) is 0 Å². The number of ketones is 1. The molecule has 0 aliphatic carbocycles. The van der Waals surface area contributed by atoms with Crippen molar-refractivity contribution < 1.29 is 9.21 Å². The molecule has 94 valence electrons. The molecule has 0 aliphatic rings. The maximum absolute atomic E-state index is 12.3. The molecule has 0 saturated carbocycles. The summed E-state index contributed by atoms with van der Waals surface area (Å²) in [6.45, 7) is 1.83. The number of carbonyl (C=O) groups excluding carboxylic acids is 1. The van der Waals surface area contributed by atoms with Crippen LogP contribution in [-0.4, -0.2) is 5.78 Å². The van der Waals surface area contributed by atoms with E-state index in [-0.39, 0.29) is 5.78 Å². The van der Waals surface area contributed by atoms with E-state index in [9.17, 15) is 4.79 Å². The summed E-state index contributed by atoms with van der Waals surface area (Å²) in [7, 11) is 0. The normalized spacial score (nSPS) is 10.8. The monoisotopic (exact) mass is 314 g/mol. The fourth-order valence-corrected chi connectivity index (χ4v) is 2.44. The fourth-order valence-electron chi connectivity index (χ4n) is 2.06. The molecule has 3 rings (SSSR count). The summed E-state index contributed by atoms with van der Waals surface area (Å²) in [6, 6.07) is 15.2. The van der Waals surface area contributed by atoms with Crippen molar-refractivity contribution in [1.29, 1.82) is 0 Å². The van der Waals surface area contributed by atoms with E-state index in [0.717, 1.165) is 21.0 Å². The Morgan fingerprint density at radius 1 is 1.00 bits per heavy atom. The predicted molar refractivity (Wildman–Crippen MR) is 78.5 cm³/mol. The highest BCUT2D eigenvalue weighted by Crippen LogP contribution is 2.22. The SMILES string of the molecule is Cc1ccc(C(=O)c2ccc3cc(Br)ccc3c2)o1. The first-order valence-corrected chi connectivity index (χ1v) is 6.73. The Kier molecular flexibility index (Phi) is 2.99. The van der Waals surface area contributed by atoms with Crippen molar-refractivity contribution in [3.63, 3.8) is 0 Å². The van der Waals surface area contributed by atoms with Crippen LogP contribution in [0.2, 0.25) is 0 Å². The zero-order valence-corrected chi connectivity index (χ0v) is 11.9. The Morgan fingerprint density at radius 3 is 2.47 bits per heavy atom. The molecular formula is C16H11BrO2. The summed E-state index contributed by atoms with van der Waals surface area (Å²) in [5.41, 5.74) is 0.643. The zero-order valence-electron chi connectivity index (χ0n) is 10.3. The summed E-state index contributed by atoms with van der Waals surface area (Å²) in [4.78, 5) is 12.3. The van der Waals surface area contributed by atoms with Gasteiger partial charge in [0.1, 0.15) is 5.76 Å². The van der Waals surface area contributed by atoms with Gasteiger partial charge >= 0.3 is 0 Å². The highest BCUT2D eigenvalue weighted by Gasteiger charge is 2.13. The van der Waals surface area contributed by atoms with Gasteiger partial charge in [0.25, 0.3) is 0 Å². The van der Waals surface area contributed by atoms with Crippen molar-refractivity contribution in [2.45, 2.75) is 6.92 Å². The smallest absolute Gasteiger partial charge is 0.228 e. The van der Waals surface area contributed by atoms with Gasteiger partial charge in [-0.15, -0.1) is 0 Å². The second-order valence-electron chi connectivity index (χ2n) is 4.45. The molecule has 2 nitrogen and oxygen atoms in total. The number of hydrogen-bond donors (Lipinski definition) is 0. The van der Waals surface area contributed by atoms with Crippen molar-refractivity contribution >= 4 is 32.5 Å². The minimum atomic E-state index is -0.0853. The molecular weight excluding hydrogens is 304 g/mol. The van der Waals surface area contributed by atoms with E-state index in [0.29, 0.717) is 11.3 Å². The van der Waals surface area contributed by atoms with Gasteiger partial charge in [-0.3, -0.25) is 4.79 Å². The van der Waals surface area contributed by atoms with E-state index in [1.807, 2.05) is 43.3 Å². The lowest BCUT2D eigenvalue weighted by Gasteiger charge is -2.02. The van der Waals surface area contributed by atoms with Crippen molar-refractivity contribution in [3.8, 4) is 0 Å². The number of fused-ring (bicyclic) bond motifs is 1. The van der Waals surface area contributed by atoms with Crippen molar-refractivity contribution in [3.05, 3.63) is 70.1 Å². The van der Waals surface area contributed by atoms with Crippen LogP contribution in [0.25, 0.3) is 10.8 Å². The first-order chi connectivity index (χ1) is 9.13. The van der Waals surface area contributed by atoms with Crippen LogP contribution < -0.4 is 0 Å². The number of hydrogen-bond acceptors (Lipinski definition) is 2. The number of furan rings is 1. The van der Waals surface area contributed by atoms with Crippen LogP contribution in [0.15, 0.2) is 57.4 Å². The second kappa shape index (κ2) is 4.67. The van der Waals surface area contributed by atoms with Gasteiger partial charge in [-0.25, -0.2) is 0 Å². The summed E-state index contributed by atoms with van der Waals surface area (Å²) < 4.78 is 6.40. The Morgan fingerprint density at radius 2 is 1.74 bits per heavy atom. The third kappa shape index (κ3) is 2.34. The standard InChI is InChI=1S/C16H11BrO2/c1-10-2-7-15(19-10)16(18)13-4-3-12-9-14(17)6-5-11(12)8-13/h2-9H,1H3. The van der Waals surface area contributed by atoms with Gasteiger partial charge in [0.15, 0.2) is 5.76 Å². The van der Waals surface area contributed by atoms with E-state index in [1.165, 1.54) is 0 Å². The third-order valence-corrected chi connectivity index (χ3v) is 3.52. The number of benzene rings is 2. The van der Waals surface area contributed by atoms with Crippen molar-refractivity contribution in [2.75, 3.05) is 0 Å². The first kappa shape index (κ1) is 12.2. The minimum Gasteiger partial charge on any atom is -0.458 e. The predicted octanol–water partition coefficient (Wildman–Crippen LogP) is 4.73. The quantitative estimate of drug-likeness (QED) is 0.640. The molecule has 0 bridgehead atoms. The maximum atomic E-state index is 12.3. The Bertz CT molecular complexity index is 771. The van der Waals surface area contributed by atoms with E-state index < -0.39 is 0 Å². The summed E-state index contributed by atoms with van der Waals surface area (Å²) in [5.74, 6) is 1.04. The second-order valence-corrected chi connectivity index (χ2v) is 5.36. The zero-order chi connectivity index (χ0) is 13.4.